The molecule has 1 aliphatic carbocycles. The topological polar surface area (TPSA) is 201 Å². The minimum atomic E-state index is -1.24. The first kappa shape index (κ1) is 46.7. The molecular weight excluding hydrogens is 906 g/mol. The summed E-state index contributed by atoms with van der Waals surface area (Å²) in [6.45, 7) is 1.34. The van der Waals surface area contributed by atoms with Gasteiger partial charge in [0.2, 0.25) is 18.2 Å². The van der Waals surface area contributed by atoms with Crippen molar-refractivity contribution in [1.82, 2.24) is 14.5 Å². The lowest BCUT2D eigenvalue weighted by Gasteiger charge is -2.40. The van der Waals surface area contributed by atoms with Crippen LogP contribution in [0.5, 0.6) is 5.75 Å². The maximum absolute atomic E-state index is 13.5. The van der Waals surface area contributed by atoms with Gasteiger partial charge in [0.25, 0.3) is 0 Å². The molecule has 19 heteroatoms. The quantitative estimate of drug-likeness (QED) is 0.0416. The number of thiophene rings is 1. The zero-order valence-electron chi connectivity index (χ0n) is 36.6. The summed E-state index contributed by atoms with van der Waals surface area (Å²) in [5.74, 6) is -2.31. The lowest BCUT2D eigenvalue weighted by atomic mass is 9.88. The number of carboxylic acids is 2. The third-order valence-corrected chi connectivity index (χ3v) is 15.9. The van der Waals surface area contributed by atoms with Crippen molar-refractivity contribution in [2.24, 2.45) is 0 Å². The van der Waals surface area contributed by atoms with E-state index in [1.807, 2.05) is 82.4 Å². The highest BCUT2D eigenvalue weighted by Crippen LogP contribution is 2.52. The smallest absolute Gasteiger partial charge is 0.349 e. The molecule has 1 spiro atoms. The highest BCUT2D eigenvalue weighted by atomic mass is 35.5. The van der Waals surface area contributed by atoms with E-state index in [9.17, 15) is 33.9 Å². The van der Waals surface area contributed by atoms with E-state index in [4.69, 9.17) is 21.4 Å². The van der Waals surface area contributed by atoms with Gasteiger partial charge < -0.3 is 40.3 Å². The molecule has 3 aliphatic heterocycles. The Balaban J connectivity index is 0.823. The normalized spacial score (nSPS) is 19.5. The standard InChI is InChI=1S/C47H52ClN7O9S2/c1-52(27-56)37-23-30(9-10-35(37)53(2)36-11-12-38(57)51-44(36)60)29-13-18-54(19-14-29)46(63)50-32-7-3-5-28(21-32)26-65-55-20-15-34(24-47(55)16-17-47)49-33-8-4-6-31(22-33)42-40(48)41(64-25-39(58)59)43(66-42)45(61)62/h3-10,21-23,27,29,34,36,49H,11-20,24-26H2,1-2H3,(H,50,63)(H,58,59)(H,61,62)(H,51,57,60). The van der Waals surface area contributed by atoms with Crippen LogP contribution in [0.1, 0.15) is 78.1 Å². The Bertz CT molecular complexity index is 2530. The minimum Gasteiger partial charge on any atom is -0.479 e. The number of rotatable bonds is 16. The number of ether oxygens (including phenoxy) is 1. The number of aliphatic carboxylic acids is 1. The molecule has 2 unspecified atom stereocenters. The summed E-state index contributed by atoms with van der Waals surface area (Å²) in [6, 6.07) is 21.1. The molecule has 3 aromatic carbocycles. The molecule has 348 valence electrons. The Labute approximate surface area is 395 Å². The van der Waals surface area contributed by atoms with Gasteiger partial charge in [0, 0.05) is 68.9 Å². The molecular formula is C47H52ClN7O9S2. The van der Waals surface area contributed by atoms with Crippen LogP contribution in [0, 0.1) is 0 Å². The number of carbonyl (C=O) groups excluding carboxylic acids is 4. The number of carbonyl (C=O) groups is 6. The van der Waals surface area contributed by atoms with E-state index in [0.717, 1.165) is 96.8 Å². The van der Waals surface area contributed by atoms with Crippen molar-refractivity contribution in [1.29, 1.82) is 0 Å². The summed E-state index contributed by atoms with van der Waals surface area (Å²) in [5, 5.41) is 28.1. The molecule has 0 bridgehead atoms. The number of urea groups is 1. The molecule has 4 aromatic rings. The molecule has 8 rings (SSSR count). The second-order valence-electron chi connectivity index (χ2n) is 17.3. The average molecular weight is 959 g/mol. The summed E-state index contributed by atoms with van der Waals surface area (Å²) in [6.07, 6.45) is 7.01. The number of aromatic carboxylic acids is 1. The predicted molar refractivity (Wildman–Crippen MR) is 256 cm³/mol. The first-order valence-electron chi connectivity index (χ1n) is 21.9. The van der Waals surface area contributed by atoms with Gasteiger partial charge in [-0.15, -0.1) is 11.3 Å². The van der Waals surface area contributed by atoms with Gasteiger partial charge in [0.15, 0.2) is 17.2 Å². The molecule has 2 atom stereocenters. The molecule has 5 amide bonds. The molecule has 1 saturated carbocycles. The third-order valence-electron chi connectivity index (χ3n) is 12.9. The van der Waals surface area contributed by atoms with Gasteiger partial charge in [0.1, 0.15) is 11.1 Å². The van der Waals surface area contributed by atoms with Crippen molar-refractivity contribution in [3.63, 3.8) is 0 Å². The lowest BCUT2D eigenvalue weighted by Crippen LogP contribution is -2.51. The van der Waals surface area contributed by atoms with Crippen LogP contribution in [0.4, 0.5) is 27.5 Å². The van der Waals surface area contributed by atoms with Crippen LogP contribution in [0.2, 0.25) is 5.02 Å². The number of likely N-dealkylation sites (tertiary alicyclic amines) is 1. The summed E-state index contributed by atoms with van der Waals surface area (Å²) in [5.41, 5.74) is 6.00. The molecule has 1 aromatic heterocycles. The second-order valence-corrected chi connectivity index (χ2v) is 19.7. The average Bonchev–Trinajstić information content (AvgIpc) is 3.99. The van der Waals surface area contributed by atoms with Gasteiger partial charge in [-0.1, -0.05) is 53.9 Å². The van der Waals surface area contributed by atoms with Crippen LogP contribution >= 0.6 is 34.9 Å². The van der Waals surface area contributed by atoms with Gasteiger partial charge in [-0.05, 0) is 104 Å². The van der Waals surface area contributed by atoms with Gasteiger partial charge in [-0.2, -0.15) is 0 Å². The highest BCUT2D eigenvalue weighted by Gasteiger charge is 2.52. The highest BCUT2D eigenvalue weighted by molar-refractivity contribution is 7.96. The molecule has 0 radical (unpaired) electrons. The largest absolute Gasteiger partial charge is 0.479 e. The van der Waals surface area contributed by atoms with Crippen molar-refractivity contribution in [2.45, 2.75) is 80.7 Å². The Morgan fingerprint density at radius 1 is 0.970 bits per heavy atom. The number of hydrogen-bond acceptors (Lipinski definition) is 12. The summed E-state index contributed by atoms with van der Waals surface area (Å²) in [4.78, 5) is 78.3. The number of nitrogens with one attached hydrogen (secondary N) is 3. The fraction of sp³-hybridized carbons (Fsp3) is 0.404. The monoisotopic (exact) mass is 957 g/mol. The first-order valence-corrected chi connectivity index (χ1v) is 24.1. The van der Waals surface area contributed by atoms with E-state index in [0.29, 0.717) is 35.6 Å². The van der Waals surface area contributed by atoms with Crippen LogP contribution in [0.3, 0.4) is 0 Å². The molecule has 4 aliphatic rings. The molecule has 4 fully saturated rings. The molecule has 4 heterocycles. The van der Waals surface area contributed by atoms with Crippen LogP contribution in [-0.2, 0) is 24.9 Å². The molecule has 3 saturated heterocycles. The van der Waals surface area contributed by atoms with Crippen LogP contribution in [0.15, 0.2) is 66.7 Å². The number of nitrogens with zero attached hydrogens (tertiary/aromatic N) is 4. The Morgan fingerprint density at radius 3 is 2.44 bits per heavy atom. The summed E-state index contributed by atoms with van der Waals surface area (Å²) in [7, 11) is 3.48. The Hall–Kier alpha value is -5.82. The van der Waals surface area contributed by atoms with E-state index in [-0.39, 0.29) is 57.4 Å². The first-order chi connectivity index (χ1) is 31.7. The van der Waals surface area contributed by atoms with Gasteiger partial charge >= 0.3 is 18.0 Å². The lowest BCUT2D eigenvalue weighted by molar-refractivity contribution is -0.139. The number of likely N-dealkylation sites (N-methyl/N-ethyl adjacent to an activating group) is 1. The van der Waals surface area contributed by atoms with Crippen molar-refractivity contribution in [2.75, 3.05) is 60.8 Å². The summed E-state index contributed by atoms with van der Waals surface area (Å²) >= 11 is 9.34. The van der Waals surface area contributed by atoms with E-state index < -0.39 is 24.6 Å². The Morgan fingerprint density at radius 2 is 1.73 bits per heavy atom. The minimum absolute atomic E-state index is 0.0721. The number of carboxylic acid groups (broad SMARTS) is 2. The molecule has 66 heavy (non-hydrogen) atoms. The number of piperidine rings is 3. The van der Waals surface area contributed by atoms with Crippen molar-refractivity contribution < 1.29 is 43.7 Å². The van der Waals surface area contributed by atoms with Crippen LogP contribution in [0.25, 0.3) is 10.4 Å². The fourth-order valence-corrected chi connectivity index (χ4v) is 11.9. The Kier molecular flexibility index (Phi) is 14.1. The van der Waals surface area contributed by atoms with Crippen LogP contribution in [-0.4, -0.2) is 114 Å². The van der Waals surface area contributed by atoms with Crippen LogP contribution < -0.4 is 30.5 Å². The fourth-order valence-electron chi connectivity index (χ4n) is 9.23. The van der Waals surface area contributed by atoms with Crippen molar-refractivity contribution in [3.05, 3.63) is 87.8 Å². The number of anilines is 4. The van der Waals surface area contributed by atoms with Crippen molar-refractivity contribution >= 4 is 93.8 Å². The number of hydrogen-bond donors (Lipinski definition) is 5. The van der Waals surface area contributed by atoms with E-state index in [1.165, 1.54) is 4.90 Å². The van der Waals surface area contributed by atoms with E-state index >= 15 is 0 Å². The van der Waals surface area contributed by atoms with Gasteiger partial charge in [-0.25, -0.2) is 18.7 Å². The maximum atomic E-state index is 13.5. The molecule has 5 N–H and O–H groups in total. The van der Waals surface area contributed by atoms with E-state index in [1.54, 1.807) is 14.1 Å². The SMILES string of the molecule is CN(C=O)c1cc(C2CCN(C(=O)Nc3cccc(CSN4CCC(Nc5cccc(-c6sc(C(=O)O)c(OCC(=O)O)c6Cl)c5)CC45CC5)c3)CC2)ccc1N(C)C1CCC(=O)NC1=O. The number of imide groups is 1. The summed E-state index contributed by atoms with van der Waals surface area (Å²) < 4.78 is 7.79. The van der Waals surface area contributed by atoms with Gasteiger partial charge in [-0.3, -0.25) is 19.7 Å². The third kappa shape index (κ3) is 10.4. The second kappa shape index (κ2) is 20.0. The zero-order valence-corrected chi connectivity index (χ0v) is 39.0. The van der Waals surface area contributed by atoms with Crippen molar-refractivity contribution in [3.8, 4) is 16.2 Å². The zero-order chi connectivity index (χ0) is 46.7. The van der Waals surface area contributed by atoms with E-state index in [2.05, 4.69) is 26.3 Å². The number of amides is 5. The molecule has 16 nitrogen and oxygen atoms in total. The predicted octanol–water partition coefficient (Wildman–Crippen LogP) is 7.73. The number of halogens is 1. The maximum Gasteiger partial charge on any atom is 0.349 e. The number of benzene rings is 3. The van der Waals surface area contributed by atoms with Gasteiger partial charge in [0.05, 0.1) is 16.3 Å².